The second kappa shape index (κ2) is 34.6. The molecule has 6 heavy (non-hydrogen) atoms. The van der Waals surface area contributed by atoms with Crippen molar-refractivity contribution in [2.75, 3.05) is 0 Å². The summed E-state index contributed by atoms with van der Waals surface area (Å²) in [4.78, 5) is 0. The van der Waals surface area contributed by atoms with Gasteiger partial charge in [-0.1, -0.05) is 0 Å². The van der Waals surface area contributed by atoms with Crippen molar-refractivity contribution in [1.29, 1.82) is 0 Å². The summed E-state index contributed by atoms with van der Waals surface area (Å²) in [5.74, 6) is 0. The number of rotatable bonds is 0. The van der Waals surface area contributed by atoms with Crippen LogP contribution >= 0.6 is 0 Å². The fourth-order valence-electron chi connectivity index (χ4n) is 0. The zero-order chi connectivity index (χ0) is 0. The molecule has 0 aromatic rings. The Bertz CT molecular complexity index is 13.5. The van der Waals surface area contributed by atoms with Gasteiger partial charge in [0.1, 0.15) is 0 Å². The minimum atomic E-state index is 0. The normalized spacial score (nSPS) is 0. The fraction of sp³-hybridized carbons (Fsp3) is 0. The Morgan fingerprint density at radius 1 is 0.833 bits per heavy atom. The molecular formula is H15AlBaCaFeSi2. The Labute approximate surface area is 139 Å². The summed E-state index contributed by atoms with van der Waals surface area (Å²) < 4.78 is 0. The van der Waals surface area contributed by atoms with Gasteiger partial charge in [-0.05, 0) is 21.9 Å². The van der Waals surface area contributed by atoms with Crippen molar-refractivity contribution in [3.05, 3.63) is 0 Å². The van der Waals surface area contributed by atoms with E-state index < -0.39 is 0 Å². The number of hydrogen-bond acceptors (Lipinski definition) is 0. The van der Waals surface area contributed by atoms with Gasteiger partial charge in [0.05, 0.1) is 0 Å². The molecule has 0 heterocycles. The molecule has 0 N–H and O–H groups in total. The molecule has 0 aromatic heterocycles. The molecule has 0 unspecified atom stereocenters. The quantitative estimate of drug-likeness (QED) is 0.388. The predicted octanol–water partition coefficient (Wildman–Crippen LogP) is -5.92. The van der Waals surface area contributed by atoms with E-state index in [0.717, 1.165) is 0 Å². The van der Waals surface area contributed by atoms with Crippen molar-refractivity contribution in [3.63, 3.8) is 0 Å². The smallest absolute Gasteiger partial charge is 0 e. The summed E-state index contributed by atoms with van der Waals surface area (Å²) in [6.45, 7) is 0. The molecule has 0 aliphatic heterocycles. The summed E-state index contributed by atoms with van der Waals surface area (Å²) in [6.07, 6.45) is 0. The van der Waals surface area contributed by atoms with E-state index in [9.17, 15) is 0 Å². The molecule has 0 nitrogen and oxygen atoms in total. The first kappa shape index (κ1) is 48.1. The molecule has 0 aliphatic rings. The Morgan fingerprint density at radius 2 is 0.833 bits per heavy atom. The first-order chi connectivity index (χ1) is 0. The van der Waals surface area contributed by atoms with Gasteiger partial charge in [-0.25, -0.2) is 0 Å². The van der Waals surface area contributed by atoms with Gasteiger partial charge in [-0.3, -0.25) is 0 Å². The van der Waals surface area contributed by atoms with Crippen LogP contribution in [0.2, 0.25) is 0 Å². The minimum absolute atomic E-state index is 0. The topological polar surface area (TPSA) is 0 Å². The zero-order valence-corrected chi connectivity index (χ0v) is 1.46. The predicted molar refractivity (Wildman–Crippen MR) is 49.7 cm³/mol. The van der Waals surface area contributed by atoms with Gasteiger partial charge in [0.25, 0.3) is 0 Å². The van der Waals surface area contributed by atoms with Crippen molar-refractivity contribution in [3.8, 4) is 0 Å². The third kappa shape index (κ3) is 23.9. The monoisotopic (exact) mass is 332 g/mol. The molecule has 0 saturated carbocycles. The largest absolute Gasteiger partial charge is 0.0149 e. The molecule has 0 aliphatic carbocycles. The average molecular weight is 332 g/mol. The van der Waals surface area contributed by atoms with Crippen LogP contribution in [0.15, 0.2) is 0 Å². The molecule has 0 radical (unpaired) electrons. The Morgan fingerprint density at radius 3 is 0.833 bits per heavy atom. The van der Waals surface area contributed by atoms with Crippen LogP contribution in [0.4, 0.5) is 0 Å². The van der Waals surface area contributed by atoms with Gasteiger partial charge in [-0.2, -0.15) is 0 Å². The van der Waals surface area contributed by atoms with Crippen LogP contribution in [0.5, 0.6) is 0 Å². The van der Waals surface area contributed by atoms with E-state index in [2.05, 4.69) is 0 Å². The molecule has 0 rings (SSSR count). The minimum Gasteiger partial charge on any atom is -0.0149 e. The van der Waals surface area contributed by atoms with E-state index >= 15 is 0 Å². The van der Waals surface area contributed by atoms with Crippen LogP contribution in [-0.4, -0.2) is 126 Å². The maximum Gasteiger partial charge on any atom is 0 e. The van der Waals surface area contributed by atoms with E-state index in [1.54, 1.807) is 0 Å². The van der Waals surface area contributed by atoms with Gasteiger partial charge in [0.15, 0.2) is 17.4 Å². The van der Waals surface area contributed by atoms with Crippen LogP contribution in [0.25, 0.3) is 0 Å². The van der Waals surface area contributed by atoms with Crippen LogP contribution in [0.1, 0.15) is 0 Å². The fourth-order valence-corrected chi connectivity index (χ4v) is 0. The first-order valence-corrected chi connectivity index (χ1v) is 0. The van der Waals surface area contributed by atoms with Crippen molar-refractivity contribution in [1.82, 2.24) is 0 Å². The SMILES string of the molecule is [AlH3].[BaH2].[CaH2].[Fe].[SiH4].[SiH4]. The summed E-state index contributed by atoms with van der Waals surface area (Å²) >= 11 is 0. The van der Waals surface area contributed by atoms with Crippen molar-refractivity contribution in [2.45, 2.75) is 0 Å². The molecule has 0 bridgehead atoms. The van der Waals surface area contributed by atoms with E-state index in [-0.39, 0.29) is 143 Å². The van der Waals surface area contributed by atoms with Gasteiger partial charge < -0.3 is 0 Å². The van der Waals surface area contributed by atoms with Crippen LogP contribution in [0, 0.1) is 0 Å². The third-order valence-corrected chi connectivity index (χ3v) is 0. The van der Waals surface area contributed by atoms with E-state index in [0.29, 0.717) is 0 Å². The molecule has 6 heteroatoms. The molecule has 0 atom stereocenters. The van der Waals surface area contributed by atoms with Gasteiger partial charge >= 0.3 is 86.6 Å². The van der Waals surface area contributed by atoms with E-state index in [1.165, 1.54) is 0 Å². The molecule has 38 valence electrons. The molecule has 0 fully saturated rings. The Hall–Kier alpha value is 4.32. The summed E-state index contributed by atoms with van der Waals surface area (Å²) in [5, 5.41) is 0. The zero-order valence-electron chi connectivity index (χ0n) is 0.354. The second-order valence-corrected chi connectivity index (χ2v) is 0. The van der Waals surface area contributed by atoms with E-state index in [4.69, 9.17) is 0 Å². The second-order valence-electron chi connectivity index (χ2n) is 0. The molecule has 0 spiro atoms. The first-order valence-electron chi connectivity index (χ1n) is 0. The average Bonchev–Trinajstić information content (AvgIpc) is 0. The standard InChI is InChI=1S/Al.Ba.Ca.Fe.2H4Si.7H/h;;;;2*1H4;;;;;;;. The Balaban J connectivity index is 0. The van der Waals surface area contributed by atoms with Crippen molar-refractivity contribution < 1.29 is 17.1 Å². The van der Waals surface area contributed by atoms with Crippen LogP contribution in [-0.2, 0) is 17.1 Å². The summed E-state index contributed by atoms with van der Waals surface area (Å²) in [6, 6.07) is 0. The van der Waals surface area contributed by atoms with Gasteiger partial charge in [-0.15, -0.1) is 0 Å². The maximum absolute atomic E-state index is 0. The number of hydrogen-bond donors (Lipinski definition) is 0. The third-order valence-electron chi connectivity index (χ3n) is 0. The molecule has 0 saturated heterocycles. The van der Waals surface area contributed by atoms with Gasteiger partial charge in [0.2, 0.25) is 0 Å². The molecular weight excluding hydrogens is 316 g/mol. The molecule has 0 amide bonds. The van der Waals surface area contributed by atoms with E-state index in [1.807, 2.05) is 0 Å². The Kier molecular flexibility index (Phi) is 277. The summed E-state index contributed by atoms with van der Waals surface area (Å²) in [5.41, 5.74) is 0. The van der Waals surface area contributed by atoms with Crippen molar-refractivity contribution >= 4 is 126 Å². The maximum atomic E-state index is 0. The van der Waals surface area contributed by atoms with Gasteiger partial charge in [0, 0.05) is 17.1 Å². The van der Waals surface area contributed by atoms with Crippen LogP contribution < -0.4 is 0 Å². The molecule has 0 aromatic carbocycles. The van der Waals surface area contributed by atoms with Crippen molar-refractivity contribution in [2.24, 2.45) is 0 Å². The van der Waals surface area contributed by atoms with Crippen LogP contribution in [0.3, 0.4) is 0 Å². The summed E-state index contributed by atoms with van der Waals surface area (Å²) in [7, 11) is 0.